The van der Waals surface area contributed by atoms with Crippen LogP contribution >= 0.6 is 11.6 Å². The van der Waals surface area contributed by atoms with Crippen LogP contribution < -0.4 is 11.1 Å². The maximum Gasteiger partial charge on any atom is 0.271 e. The molecule has 3 aliphatic rings. The third-order valence-electron chi connectivity index (χ3n) is 8.81. The lowest BCUT2D eigenvalue weighted by Gasteiger charge is -2.36. The van der Waals surface area contributed by atoms with Crippen LogP contribution in [0.5, 0.6) is 0 Å². The van der Waals surface area contributed by atoms with Gasteiger partial charge in [-0.05, 0) is 56.1 Å². The van der Waals surface area contributed by atoms with Crippen molar-refractivity contribution in [3.8, 4) is 0 Å². The molecule has 3 amide bonds. The molecule has 210 valence electrons. The lowest BCUT2D eigenvalue weighted by Crippen LogP contribution is -2.53. The summed E-state index contributed by atoms with van der Waals surface area (Å²) in [6.07, 6.45) is 2.81. The summed E-state index contributed by atoms with van der Waals surface area (Å²) in [7, 11) is 0. The molecule has 3 atom stereocenters. The number of benzene rings is 1. The van der Waals surface area contributed by atoms with Gasteiger partial charge in [-0.25, -0.2) is 8.78 Å². The van der Waals surface area contributed by atoms with E-state index >= 15 is 0 Å². The smallest absolute Gasteiger partial charge is 0.271 e. The number of fused-ring (bicyclic) bond motifs is 1. The zero-order chi connectivity index (χ0) is 27.9. The maximum absolute atomic E-state index is 14.0. The van der Waals surface area contributed by atoms with Gasteiger partial charge < -0.3 is 20.9 Å². The normalized spacial score (nSPS) is 25.1. The Morgan fingerprint density at radius 1 is 1.18 bits per heavy atom. The number of hydrogen-bond donors (Lipinski definition) is 3. The number of Topliss-reactive ketones (excluding diaryl/α,β-unsaturated/α-hetero) is 1. The second-order valence-electron chi connectivity index (χ2n) is 11.5. The SMILES string of the molecule is NC(=O)[C@H](C[C@@H]1CCCCC1=O)NC(=O)C1CC2(CCC(F)(F)CC2)CN1C(=O)c1cc2cccc(Cl)c2[nH]1. The number of carbonyl (C=O) groups is 4. The van der Waals surface area contributed by atoms with Crippen molar-refractivity contribution in [3.63, 3.8) is 0 Å². The number of likely N-dealkylation sites (tertiary alicyclic amines) is 1. The molecule has 11 heteroatoms. The molecule has 2 aliphatic carbocycles. The summed E-state index contributed by atoms with van der Waals surface area (Å²) in [6, 6.07) is 4.86. The first-order valence-electron chi connectivity index (χ1n) is 13.6. The Hall–Kier alpha value is -3.01. The van der Waals surface area contributed by atoms with Gasteiger partial charge >= 0.3 is 0 Å². The summed E-state index contributed by atoms with van der Waals surface area (Å²) in [6.45, 7) is 0.144. The summed E-state index contributed by atoms with van der Waals surface area (Å²) in [5.41, 5.74) is 5.79. The van der Waals surface area contributed by atoms with Gasteiger partial charge in [0.2, 0.25) is 17.7 Å². The van der Waals surface area contributed by atoms with Crippen LogP contribution in [0.15, 0.2) is 24.3 Å². The molecule has 1 spiro atoms. The number of amides is 3. The first-order valence-corrected chi connectivity index (χ1v) is 13.9. The summed E-state index contributed by atoms with van der Waals surface area (Å²) >= 11 is 6.28. The molecular formula is C28H33ClF2N4O4. The minimum Gasteiger partial charge on any atom is -0.368 e. The van der Waals surface area contributed by atoms with E-state index in [1.807, 2.05) is 0 Å². The number of carbonyl (C=O) groups excluding carboxylic acids is 4. The first-order chi connectivity index (χ1) is 18.5. The largest absolute Gasteiger partial charge is 0.368 e. The van der Waals surface area contributed by atoms with E-state index in [0.29, 0.717) is 23.4 Å². The van der Waals surface area contributed by atoms with Crippen molar-refractivity contribution in [2.24, 2.45) is 17.1 Å². The first kappa shape index (κ1) is 27.6. The third-order valence-corrected chi connectivity index (χ3v) is 9.13. The van der Waals surface area contributed by atoms with Gasteiger partial charge in [0, 0.05) is 37.1 Å². The van der Waals surface area contributed by atoms with Gasteiger partial charge in [0.15, 0.2) is 0 Å². The van der Waals surface area contributed by atoms with Gasteiger partial charge in [0.05, 0.1) is 10.5 Å². The molecule has 2 saturated carbocycles. The number of H-pyrrole nitrogens is 1. The van der Waals surface area contributed by atoms with Crippen LogP contribution in [0.3, 0.4) is 0 Å². The molecule has 3 fully saturated rings. The average molecular weight is 563 g/mol. The minimum atomic E-state index is -2.77. The van der Waals surface area contributed by atoms with E-state index in [2.05, 4.69) is 10.3 Å². The number of nitrogens with one attached hydrogen (secondary N) is 2. The molecule has 1 aromatic carbocycles. The highest BCUT2D eigenvalue weighted by Gasteiger charge is 2.53. The standard InChI is InChI=1S/C28H33ClF2N4O4/c29-18-6-3-5-17-13-20(33-23(17)18)26(39)35-15-27(8-10-28(30,31)11-9-27)14-21(35)25(38)34-19(24(32)37)12-16-4-1-2-7-22(16)36/h3,5-6,13,16,19,21,33H,1-2,4,7-12,14-15H2,(H2,32,37)(H,34,38)/t16-,19-,21?/m0/s1. The van der Waals surface area contributed by atoms with Crippen LogP contribution in [0.2, 0.25) is 5.02 Å². The fraction of sp³-hybridized carbons (Fsp3) is 0.571. The highest BCUT2D eigenvalue weighted by atomic mass is 35.5. The van der Waals surface area contributed by atoms with Gasteiger partial charge in [0.1, 0.15) is 23.6 Å². The molecule has 8 nitrogen and oxygen atoms in total. The number of primary amides is 1. The number of alkyl halides is 2. The monoisotopic (exact) mass is 562 g/mol. The van der Waals surface area contributed by atoms with E-state index in [-0.39, 0.29) is 62.5 Å². The van der Waals surface area contributed by atoms with Crippen molar-refractivity contribution in [1.29, 1.82) is 0 Å². The van der Waals surface area contributed by atoms with Crippen molar-refractivity contribution < 1.29 is 28.0 Å². The van der Waals surface area contributed by atoms with Crippen LogP contribution in [0.4, 0.5) is 8.78 Å². The van der Waals surface area contributed by atoms with Crippen LogP contribution in [0.1, 0.15) is 74.7 Å². The minimum absolute atomic E-state index is 0.0546. The third kappa shape index (κ3) is 5.66. The van der Waals surface area contributed by atoms with Crippen molar-refractivity contribution in [3.05, 3.63) is 35.0 Å². The van der Waals surface area contributed by atoms with Crippen molar-refractivity contribution >= 4 is 46.0 Å². The number of halogens is 3. The molecule has 1 unspecified atom stereocenters. The van der Waals surface area contributed by atoms with E-state index in [0.717, 1.165) is 18.2 Å². The lowest BCUT2D eigenvalue weighted by atomic mass is 9.71. The fourth-order valence-corrected chi connectivity index (χ4v) is 6.73. The van der Waals surface area contributed by atoms with Crippen LogP contribution in [-0.4, -0.2) is 57.9 Å². The van der Waals surface area contributed by atoms with Gasteiger partial charge in [-0.2, -0.15) is 0 Å². The average Bonchev–Trinajstić information content (AvgIpc) is 3.50. The Bertz CT molecular complexity index is 1300. The van der Waals surface area contributed by atoms with E-state index in [1.165, 1.54) is 4.90 Å². The summed E-state index contributed by atoms with van der Waals surface area (Å²) in [5, 5.41) is 3.86. The Kier molecular flexibility index (Phi) is 7.43. The molecule has 2 aromatic rings. The molecule has 0 radical (unpaired) electrons. The highest BCUT2D eigenvalue weighted by molar-refractivity contribution is 6.35. The predicted octanol–water partition coefficient (Wildman–Crippen LogP) is 4.35. The molecule has 1 aromatic heterocycles. The molecule has 2 heterocycles. The highest BCUT2D eigenvalue weighted by Crippen LogP contribution is 2.50. The second-order valence-corrected chi connectivity index (χ2v) is 11.9. The number of aromatic amines is 1. The van der Waals surface area contributed by atoms with Gasteiger partial charge in [-0.3, -0.25) is 19.2 Å². The zero-order valence-corrected chi connectivity index (χ0v) is 22.4. The van der Waals surface area contributed by atoms with Crippen LogP contribution in [0.25, 0.3) is 10.9 Å². The maximum atomic E-state index is 14.0. The van der Waals surface area contributed by atoms with Crippen molar-refractivity contribution in [2.75, 3.05) is 6.54 Å². The Morgan fingerprint density at radius 3 is 2.59 bits per heavy atom. The number of para-hydroxylation sites is 1. The molecule has 39 heavy (non-hydrogen) atoms. The summed E-state index contributed by atoms with van der Waals surface area (Å²) in [4.78, 5) is 56.5. The van der Waals surface area contributed by atoms with E-state index in [1.54, 1.807) is 24.3 Å². The van der Waals surface area contributed by atoms with Gasteiger partial charge in [-0.1, -0.05) is 30.2 Å². The Labute approximate surface area is 230 Å². The van der Waals surface area contributed by atoms with Gasteiger partial charge in [0.25, 0.3) is 5.91 Å². The Morgan fingerprint density at radius 2 is 1.92 bits per heavy atom. The second kappa shape index (κ2) is 10.5. The molecule has 4 N–H and O–H groups in total. The number of aromatic nitrogens is 1. The van der Waals surface area contributed by atoms with Crippen LogP contribution in [-0.2, 0) is 14.4 Å². The number of nitrogens with zero attached hydrogens (tertiary/aromatic N) is 1. The van der Waals surface area contributed by atoms with E-state index < -0.39 is 41.1 Å². The summed E-state index contributed by atoms with van der Waals surface area (Å²) in [5.74, 6) is -4.85. The summed E-state index contributed by atoms with van der Waals surface area (Å²) < 4.78 is 28.1. The predicted molar refractivity (Wildman–Crippen MR) is 141 cm³/mol. The Balaban J connectivity index is 1.40. The van der Waals surface area contributed by atoms with E-state index in [4.69, 9.17) is 17.3 Å². The van der Waals surface area contributed by atoms with Crippen molar-refractivity contribution in [2.45, 2.75) is 82.2 Å². The van der Waals surface area contributed by atoms with E-state index in [9.17, 15) is 28.0 Å². The number of nitrogens with two attached hydrogens (primary N) is 1. The molecular weight excluding hydrogens is 530 g/mol. The lowest BCUT2D eigenvalue weighted by molar-refractivity contribution is -0.131. The fourth-order valence-electron chi connectivity index (χ4n) is 6.50. The molecule has 1 saturated heterocycles. The number of rotatable bonds is 6. The molecule has 1 aliphatic heterocycles. The molecule has 5 rings (SSSR count). The topological polar surface area (TPSA) is 125 Å². The van der Waals surface area contributed by atoms with Crippen LogP contribution in [0, 0.1) is 11.3 Å². The number of ketones is 1. The zero-order valence-electron chi connectivity index (χ0n) is 21.6. The quantitative estimate of drug-likeness (QED) is 0.484. The van der Waals surface area contributed by atoms with Gasteiger partial charge in [-0.15, -0.1) is 0 Å². The van der Waals surface area contributed by atoms with Crippen molar-refractivity contribution in [1.82, 2.24) is 15.2 Å². The number of hydrogen-bond acceptors (Lipinski definition) is 4. The molecule has 0 bridgehead atoms.